The van der Waals surface area contributed by atoms with Gasteiger partial charge in [0.1, 0.15) is 0 Å². The van der Waals surface area contributed by atoms with Gasteiger partial charge in [0.25, 0.3) is 0 Å². The minimum atomic E-state index is 0.290. The number of hydrogen-bond donors (Lipinski definition) is 0. The van der Waals surface area contributed by atoms with E-state index >= 15 is 0 Å². The highest BCUT2D eigenvalue weighted by Gasteiger charge is 2.22. The summed E-state index contributed by atoms with van der Waals surface area (Å²) in [6.07, 6.45) is 2.38. The Morgan fingerprint density at radius 2 is 1.89 bits per heavy atom. The van der Waals surface area contributed by atoms with Crippen LogP contribution in [0.3, 0.4) is 0 Å². The van der Waals surface area contributed by atoms with Crippen LogP contribution in [-0.2, 0) is 0 Å². The fourth-order valence-electron chi connectivity index (χ4n) is 2.02. The fourth-order valence-corrected chi connectivity index (χ4v) is 2.55. The van der Waals surface area contributed by atoms with Crippen molar-refractivity contribution in [3.8, 4) is 12.0 Å². The van der Waals surface area contributed by atoms with E-state index in [1.165, 1.54) is 20.6 Å². The Labute approximate surface area is 115 Å². The zero-order chi connectivity index (χ0) is 13.0. The molecule has 1 aliphatic heterocycles. The lowest BCUT2D eigenvalue weighted by Gasteiger charge is -2.31. The van der Waals surface area contributed by atoms with E-state index in [2.05, 4.69) is 35.8 Å². The molecule has 100 valence electrons. The van der Waals surface area contributed by atoms with Crippen molar-refractivity contribution in [2.45, 2.75) is 12.8 Å². The van der Waals surface area contributed by atoms with E-state index < -0.39 is 0 Å². The summed E-state index contributed by atoms with van der Waals surface area (Å²) in [6.45, 7) is 1.90. The van der Waals surface area contributed by atoms with Crippen molar-refractivity contribution in [3.05, 3.63) is 0 Å². The van der Waals surface area contributed by atoms with Gasteiger partial charge in [-0.1, -0.05) is 15.9 Å². The molecule has 0 bridgehead atoms. The number of ether oxygens (including phenoxy) is 2. The van der Waals surface area contributed by atoms with Gasteiger partial charge in [-0.15, -0.1) is 4.98 Å². The second kappa shape index (κ2) is 6.17. The maximum atomic E-state index is 5.06. The van der Waals surface area contributed by atoms with Crippen LogP contribution in [0.25, 0.3) is 0 Å². The van der Waals surface area contributed by atoms with Crippen molar-refractivity contribution in [3.63, 3.8) is 0 Å². The lowest BCUT2D eigenvalue weighted by molar-refractivity contribution is 0.338. The molecule has 1 atom stereocenters. The Morgan fingerprint density at radius 1 is 1.22 bits per heavy atom. The van der Waals surface area contributed by atoms with Gasteiger partial charge in [0.05, 0.1) is 14.2 Å². The SMILES string of the molecule is COc1nc(OC)nc(N2CCCC(CBr)C2)n1. The van der Waals surface area contributed by atoms with Gasteiger partial charge in [0.15, 0.2) is 0 Å². The van der Waals surface area contributed by atoms with Gasteiger partial charge in [-0.3, -0.25) is 0 Å². The molecule has 0 amide bonds. The lowest BCUT2D eigenvalue weighted by atomic mass is 10.0. The van der Waals surface area contributed by atoms with E-state index in [4.69, 9.17) is 9.47 Å². The van der Waals surface area contributed by atoms with Crippen molar-refractivity contribution in [2.75, 3.05) is 37.5 Å². The molecule has 0 aromatic carbocycles. The Hall–Kier alpha value is -1.11. The van der Waals surface area contributed by atoms with E-state index in [1.807, 2.05) is 0 Å². The molecule has 0 N–H and O–H groups in total. The van der Waals surface area contributed by atoms with Gasteiger partial charge >= 0.3 is 12.0 Å². The average Bonchev–Trinajstić information content (AvgIpc) is 2.46. The number of methoxy groups -OCH3 is 2. The third-order valence-electron chi connectivity index (χ3n) is 2.97. The summed E-state index contributed by atoms with van der Waals surface area (Å²) < 4.78 is 10.1. The quantitative estimate of drug-likeness (QED) is 0.785. The molecular formula is C11H17BrN4O2. The molecule has 1 aromatic rings. The summed E-state index contributed by atoms with van der Waals surface area (Å²) in [5.41, 5.74) is 0. The van der Waals surface area contributed by atoms with Gasteiger partial charge in [0.2, 0.25) is 5.95 Å². The predicted octanol–water partition coefficient (Wildman–Crippen LogP) is 1.50. The number of aromatic nitrogens is 3. The highest BCUT2D eigenvalue weighted by Crippen LogP contribution is 2.23. The largest absolute Gasteiger partial charge is 0.467 e. The van der Waals surface area contributed by atoms with Gasteiger partial charge < -0.3 is 14.4 Å². The van der Waals surface area contributed by atoms with Crippen molar-refractivity contribution in [1.29, 1.82) is 0 Å². The Kier molecular flexibility index (Phi) is 4.57. The van der Waals surface area contributed by atoms with E-state index in [1.54, 1.807) is 0 Å². The highest BCUT2D eigenvalue weighted by atomic mass is 79.9. The number of alkyl halides is 1. The smallest absolute Gasteiger partial charge is 0.324 e. The normalized spacial score (nSPS) is 19.7. The first kappa shape index (κ1) is 13.3. The van der Waals surface area contributed by atoms with Gasteiger partial charge in [-0.25, -0.2) is 0 Å². The van der Waals surface area contributed by atoms with Crippen LogP contribution in [0.4, 0.5) is 5.95 Å². The van der Waals surface area contributed by atoms with Gasteiger partial charge in [-0.05, 0) is 18.8 Å². The Balaban J connectivity index is 2.20. The molecule has 0 spiro atoms. The van der Waals surface area contributed by atoms with E-state index in [-0.39, 0.29) is 12.0 Å². The molecular weight excluding hydrogens is 300 g/mol. The number of piperidine rings is 1. The van der Waals surface area contributed by atoms with Gasteiger partial charge in [0, 0.05) is 18.4 Å². The summed E-state index contributed by atoms with van der Waals surface area (Å²) in [4.78, 5) is 14.7. The summed E-state index contributed by atoms with van der Waals surface area (Å²) in [6, 6.07) is 0.579. The molecule has 1 unspecified atom stereocenters. The molecule has 1 saturated heterocycles. The van der Waals surface area contributed by atoms with E-state index in [9.17, 15) is 0 Å². The summed E-state index contributed by atoms with van der Waals surface area (Å²) in [7, 11) is 3.08. The van der Waals surface area contributed by atoms with Crippen LogP contribution in [0.2, 0.25) is 0 Å². The van der Waals surface area contributed by atoms with Crippen LogP contribution in [0.15, 0.2) is 0 Å². The van der Waals surface area contributed by atoms with Crippen LogP contribution in [0, 0.1) is 5.92 Å². The molecule has 0 aliphatic carbocycles. The number of halogens is 1. The molecule has 0 radical (unpaired) electrons. The monoisotopic (exact) mass is 316 g/mol. The van der Waals surface area contributed by atoms with Crippen LogP contribution in [0.5, 0.6) is 12.0 Å². The number of hydrogen-bond acceptors (Lipinski definition) is 6. The lowest BCUT2D eigenvalue weighted by Crippen LogP contribution is -2.37. The van der Waals surface area contributed by atoms with Crippen LogP contribution >= 0.6 is 15.9 Å². The second-order valence-electron chi connectivity index (χ2n) is 4.22. The average molecular weight is 317 g/mol. The van der Waals surface area contributed by atoms with Crippen molar-refractivity contribution < 1.29 is 9.47 Å². The molecule has 6 nitrogen and oxygen atoms in total. The third kappa shape index (κ3) is 3.01. The first-order valence-corrected chi connectivity index (χ1v) is 7.04. The molecule has 0 saturated carbocycles. The standard InChI is InChI=1S/C11H17BrN4O2/c1-17-10-13-9(14-11(15-10)18-2)16-5-3-4-8(6-12)7-16/h8H,3-7H2,1-2H3. The zero-order valence-electron chi connectivity index (χ0n) is 10.6. The molecule has 1 aromatic heterocycles. The van der Waals surface area contributed by atoms with Crippen molar-refractivity contribution in [1.82, 2.24) is 15.0 Å². The molecule has 1 fully saturated rings. The number of anilines is 1. The number of rotatable bonds is 4. The topological polar surface area (TPSA) is 60.4 Å². The molecule has 1 aliphatic rings. The van der Waals surface area contributed by atoms with Crippen LogP contribution < -0.4 is 14.4 Å². The van der Waals surface area contributed by atoms with Crippen LogP contribution in [0.1, 0.15) is 12.8 Å². The second-order valence-corrected chi connectivity index (χ2v) is 4.86. The van der Waals surface area contributed by atoms with E-state index in [0.717, 1.165) is 24.8 Å². The maximum absolute atomic E-state index is 5.06. The number of nitrogens with zero attached hydrogens (tertiary/aromatic N) is 4. The summed E-state index contributed by atoms with van der Waals surface area (Å²) >= 11 is 3.54. The Morgan fingerprint density at radius 3 is 2.44 bits per heavy atom. The highest BCUT2D eigenvalue weighted by molar-refractivity contribution is 9.09. The Bertz CT molecular complexity index is 382. The first-order valence-electron chi connectivity index (χ1n) is 5.91. The van der Waals surface area contributed by atoms with Crippen LogP contribution in [-0.4, -0.2) is 47.6 Å². The van der Waals surface area contributed by atoms with Crippen molar-refractivity contribution >= 4 is 21.9 Å². The molecule has 7 heteroatoms. The van der Waals surface area contributed by atoms with E-state index in [0.29, 0.717) is 11.9 Å². The molecule has 18 heavy (non-hydrogen) atoms. The predicted molar refractivity (Wildman–Crippen MR) is 71.7 cm³/mol. The molecule has 2 rings (SSSR count). The van der Waals surface area contributed by atoms with Crippen molar-refractivity contribution in [2.24, 2.45) is 5.92 Å². The third-order valence-corrected chi connectivity index (χ3v) is 3.88. The minimum Gasteiger partial charge on any atom is -0.467 e. The molecule has 2 heterocycles. The summed E-state index contributed by atoms with van der Waals surface area (Å²) in [5, 5.41) is 1.00. The van der Waals surface area contributed by atoms with Gasteiger partial charge in [-0.2, -0.15) is 9.97 Å². The minimum absolute atomic E-state index is 0.290. The maximum Gasteiger partial charge on any atom is 0.324 e. The fraction of sp³-hybridized carbons (Fsp3) is 0.727. The first-order chi connectivity index (χ1) is 8.76. The zero-order valence-corrected chi connectivity index (χ0v) is 12.2. The summed E-state index contributed by atoms with van der Waals surface area (Å²) in [5.74, 6) is 1.26.